The molecule has 0 spiro atoms. The number of methoxy groups -OCH3 is 1. The fraction of sp³-hybridized carbons (Fsp3) is 1.00. The molecule has 78 valence electrons. The van der Waals surface area contributed by atoms with Gasteiger partial charge in [-0.3, -0.25) is 0 Å². The minimum Gasteiger partial charge on any atom is -0.384 e. The molecule has 2 N–H and O–H groups in total. The molecule has 0 unspecified atom stereocenters. The van der Waals surface area contributed by atoms with Crippen LogP contribution in [0.2, 0.25) is 0 Å². The largest absolute Gasteiger partial charge is 0.384 e. The van der Waals surface area contributed by atoms with Crippen LogP contribution in [-0.4, -0.2) is 19.8 Å². The lowest BCUT2D eigenvalue weighted by Crippen LogP contribution is -2.44. The monoisotopic (exact) mass is 185 g/mol. The average Bonchev–Trinajstić information content (AvgIpc) is 1.78. The second-order valence-corrected chi connectivity index (χ2v) is 5.75. The van der Waals surface area contributed by atoms with E-state index in [-0.39, 0.29) is 5.41 Å². The fourth-order valence-electron chi connectivity index (χ4n) is 3.17. The van der Waals surface area contributed by atoms with E-state index in [1.807, 2.05) is 0 Å². The van der Waals surface area contributed by atoms with Gasteiger partial charge < -0.3 is 10.5 Å². The normalized spacial score (nSPS) is 39.0. The van der Waals surface area contributed by atoms with Crippen LogP contribution in [-0.2, 0) is 4.74 Å². The maximum Gasteiger partial charge on any atom is 0.0516 e. The standard InChI is InChI=1S/C11H23NO/c1-10(2)5-9(12)6-11(3,7-10)8-13-4/h9H,5-8,12H2,1-4H3/t9-,11-/m0/s1. The molecule has 1 rings (SSSR count). The topological polar surface area (TPSA) is 35.2 Å². The maximum absolute atomic E-state index is 6.06. The summed E-state index contributed by atoms with van der Waals surface area (Å²) < 4.78 is 5.27. The van der Waals surface area contributed by atoms with Gasteiger partial charge in [0.2, 0.25) is 0 Å². The third kappa shape index (κ3) is 2.96. The van der Waals surface area contributed by atoms with Crippen molar-refractivity contribution in [3.8, 4) is 0 Å². The lowest BCUT2D eigenvalue weighted by Gasteiger charge is -2.45. The molecule has 0 saturated heterocycles. The predicted octanol–water partition coefficient (Wildman–Crippen LogP) is 2.18. The van der Waals surface area contributed by atoms with Crippen molar-refractivity contribution in [2.24, 2.45) is 16.6 Å². The molecule has 2 heteroatoms. The Labute approximate surface area is 81.8 Å². The first-order chi connectivity index (χ1) is 5.87. The van der Waals surface area contributed by atoms with Crippen LogP contribution < -0.4 is 5.73 Å². The Kier molecular flexibility index (Phi) is 3.03. The summed E-state index contributed by atoms with van der Waals surface area (Å²) in [6.07, 6.45) is 3.47. The molecule has 0 aliphatic heterocycles. The summed E-state index contributed by atoms with van der Waals surface area (Å²) in [5.41, 5.74) is 6.73. The van der Waals surface area contributed by atoms with Crippen molar-refractivity contribution in [3.05, 3.63) is 0 Å². The highest BCUT2D eigenvalue weighted by Gasteiger charge is 2.39. The van der Waals surface area contributed by atoms with E-state index in [1.165, 1.54) is 6.42 Å². The molecule has 1 aliphatic rings. The van der Waals surface area contributed by atoms with Crippen LogP contribution in [0.5, 0.6) is 0 Å². The summed E-state index contributed by atoms with van der Waals surface area (Å²) >= 11 is 0. The fourth-order valence-corrected chi connectivity index (χ4v) is 3.17. The van der Waals surface area contributed by atoms with E-state index in [1.54, 1.807) is 7.11 Å². The van der Waals surface area contributed by atoms with Gasteiger partial charge in [0.1, 0.15) is 0 Å². The number of ether oxygens (including phenoxy) is 1. The van der Waals surface area contributed by atoms with Gasteiger partial charge in [-0.1, -0.05) is 20.8 Å². The molecule has 0 aromatic rings. The van der Waals surface area contributed by atoms with Crippen molar-refractivity contribution in [3.63, 3.8) is 0 Å². The highest BCUT2D eigenvalue weighted by molar-refractivity contribution is 4.92. The van der Waals surface area contributed by atoms with Gasteiger partial charge in [0.05, 0.1) is 6.61 Å². The number of nitrogens with two attached hydrogens (primary N) is 1. The van der Waals surface area contributed by atoms with Crippen molar-refractivity contribution in [2.45, 2.75) is 46.1 Å². The summed E-state index contributed by atoms with van der Waals surface area (Å²) in [5, 5.41) is 0. The van der Waals surface area contributed by atoms with Gasteiger partial charge >= 0.3 is 0 Å². The summed E-state index contributed by atoms with van der Waals surface area (Å²) in [6, 6.07) is 0.351. The number of hydrogen-bond donors (Lipinski definition) is 1. The first kappa shape index (κ1) is 11.0. The molecule has 0 aromatic heterocycles. The summed E-state index contributed by atoms with van der Waals surface area (Å²) in [7, 11) is 1.78. The van der Waals surface area contributed by atoms with Crippen molar-refractivity contribution in [1.29, 1.82) is 0 Å². The highest BCUT2D eigenvalue weighted by Crippen LogP contribution is 2.45. The summed E-state index contributed by atoms with van der Waals surface area (Å²) in [6.45, 7) is 7.74. The van der Waals surface area contributed by atoms with E-state index < -0.39 is 0 Å². The molecule has 2 atom stereocenters. The van der Waals surface area contributed by atoms with Crippen LogP contribution in [0.25, 0.3) is 0 Å². The zero-order chi connectivity index (χ0) is 10.1. The Balaban J connectivity index is 2.66. The van der Waals surface area contributed by atoms with Gasteiger partial charge in [0.15, 0.2) is 0 Å². The van der Waals surface area contributed by atoms with Crippen LogP contribution in [0.1, 0.15) is 40.0 Å². The molecule has 0 heterocycles. The van der Waals surface area contributed by atoms with Gasteiger partial charge in [-0.05, 0) is 30.1 Å². The number of rotatable bonds is 2. The molecule has 0 aromatic carbocycles. The van der Waals surface area contributed by atoms with E-state index in [2.05, 4.69) is 20.8 Å². The molecule has 0 amide bonds. The lowest BCUT2D eigenvalue weighted by molar-refractivity contribution is 0.0103. The van der Waals surface area contributed by atoms with Crippen LogP contribution in [0.15, 0.2) is 0 Å². The third-order valence-corrected chi connectivity index (χ3v) is 2.97. The molecule has 13 heavy (non-hydrogen) atoms. The van der Waals surface area contributed by atoms with Crippen LogP contribution in [0, 0.1) is 10.8 Å². The van der Waals surface area contributed by atoms with Gasteiger partial charge in [0, 0.05) is 13.2 Å². The predicted molar refractivity (Wildman–Crippen MR) is 55.6 cm³/mol. The van der Waals surface area contributed by atoms with E-state index >= 15 is 0 Å². The smallest absolute Gasteiger partial charge is 0.0516 e. The van der Waals surface area contributed by atoms with Crippen LogP contribution in [0.3, 0.4) is 0 Å². The van der Waals surface area contributed by atoms with Crippen molar-refractivity contribution in [1.82, 2.24) is 0 Å². The zero-order valence-electron chi connectivity index (χ0n) is 9.39. The first-order valence-electron chi connectivity index (χ1n) is 5.11. The Morgan fingerprint density at radius 3 is 2.38 bits per heavy atom. The van der Waals surface area contributed by atoms with E-state index in [4.69, 9.17) is 10.5 Å². The Morgan fingerprint density at radius 1 is 1.31 bits per heavy atom. The quantitative estimate of drug-likeness (QED) is 0.715. The molecular formula is C11H23NO. The second kappa shape index (κ2) is 3.58. The molecule has 1 fully saturated rings. The minimum absolute atomic E-state index is 0.288. The number of hydrogen-bond acceptors (Lipinski definition) is 2. The second-order valence-electron chi connectivity index (χ2n) is 5.75. The molecular weight excluding hydrogens is 162 g/mol. The Hall–Kier alpha value is -0.0800. The molecule has 0 bridgehead atoms. The maximum atomic E-state index is 6.06. The molecule has 2 nitrogen and oxygen atoms in total. The van der Waals surface area contributed by atoms with Crippen molar-refractivity contribution < 1.29 is 4.74 Å². The van der Waals surface area contributed by atoms with Crippen molar-refractivity contribution >= 4 is 0 Å². The van der Waals surface area contributed by atoms with Gasteiger partial charge in [-0.2, -0.15) is 0 Å². The Morgan fingerprint density at radius 2 is 1.92 bits per heavy atom. The average molecular weight is 185 g/mol. The van der Waals surface area contributed by atoms with Crippen LogP contribution in [0.4, 0.5) is 0 Å². The molecule has 1 saturated carbocycles. The highest BCUT2D eigenvalue weighted by atomic mass is 16.5. The SMILES string of the molecule is COC[C@@]1(C)C[C@@H](N)CC(C)(C)C1. The summed E-state index contributed by atoms with van der Waals surface area (Å²) in [4.78, 5) is 0. The van der Waals surface area contributed by atoms with E-state index in [0.717, 1.165) is 19.4 Å². The Bertz CT molecular complexity index is 179. The van der Waals surface area contributed by atoms with Gasteiger partial charge in [0.25, 0.3) is 0 Å². The lowest BCUT2D eigenvalue weighted by atomic mass is 9.63. The van der Waals surface area contributed by atoms with Gasteiger partial charge in [-0.15, -0.1) is 0 Å². The van der Waals surface area contributed by atoms with E-state index in [0.29, 0.717) is 11.5 Å². The minimum atomic E-state index is 0.288. The van der Waals surface area contributed by atoms with Crippen molar-refractivity contribution in [2.75, 3.05) is 13.7 Å². The molecule has 1 aliphatic carbocycles. The summed E-state index contributed by atoms with van der Waals surface area (Å²) in [5.74, 6) is 0. The van der Waals surface area contributed by atoms with Crippen LogP contribution >= 0.6 is 0 Å². The first-order valence-corrected chi connectivity index (χ1v) is 5.11. The third-order valence-electron chi connectivity index (χ3n) is 2.97. The van der Waals surface area contributed by atoms with E-state index in [9.17, 15) is 0 Å². The molecule has 0 radical (unpaired) electrons. The zero-order valence-corrected chi connectivity index (χ0v) is 9.39. The van der Waals surface area contributed by atoms with Gasteiger partial charge in [-0.25, -0.2) is 0 Å².